The van der Waals surface area contributed by atoms with Crippen LogP contribution >= 0.6 is 15.9 Å². The Morgan fingerprint density at radius 1 is 1.53 bits per heavy atom. The summed E-state index contributed by atoms with van der Waals surface area (Å²) in [7, 11) is 1.94. The molecule has 2 aromatic rings. The average molecular weight is 298 g/mol. The number of nitrogens with zero attached hydrogens (tertiary/aromatic N) is 3. The van der Waals surface area contributed by atoms with Gasteiger partial charge in [0.05, 0.1) is 28.5 Å². The summed E-state index contributed by atoms with van der Waals surface area (Å²) in [5.41, 5.74) is 3.04. The molecule has 0 radical (unpaired) electrons. The number of aliphatic hydroxyl groups excluding tert-OH is 1. The Labute approximate surface area is 109 Å². The SMILES string of the molecule is Cc1nn(C)c(Cn2ccc(C(C)O)c2)c1Br. The van der Waals surface area contributed by atoms with E-state index >= 15 is 0 Å². The van der Waals surface area contributed by atoms with Crippen LogP contribution in [0.3, 0.4) is 0 Å². The molecular formula is C12H16BrN3O. The summed E-state index contributed by atoms with van der Waals surface area (Å²) in [6.07, 6.45) is 3.50. The third-order valence-electron chi connectivity index (χ3n) is 2.85. The molecule has 1 atom stereocenters. The van der Waals surface area contributed by atoms with E-state index in [0.29, 0.717) is 0 Å². The lowest BCUT2D eigenvalue weighted by Gasteiger charge is -2.05. The molecular weight excluding hydrogens is 282 g/mol. The van der Waals surface area contributed by atoms with Crippen LogP contribution in [0.25, 0.3) is 0 Å². The van der Waals surface area contributed by atoms with Crippen molar-refractivity contribution in [3.8, 4) is 0 Å². The first-order chi connectivity index (χ1) is 7.99. The van der Waals surface area contributed by atoms with Crippen molar-refractivity contribution in [1.29, 1.82) is 0 Å². The number of aromatic nitrogens is 3. The molecule has 1 N–H and O–H groups in total. The lowest BCUT2D eigenvalue weighted by atomic mass is 10.2. The van der Waals surface area contributed by atoms with Crippen LogP contribution in [0.5, 0.6) is 0 Å². The smallest absolute Gasteiger partial charge is 0.0776 e. The average Bonchev–Trinajstić information content (AvgIpc) is 2.80. The van der Waals surface area contributed by atoms with Crippen LogP contribution in [-0.2, 0) is 13.6 Å². The molecule has 0 aliphatic rings. The fourth-order valence-electron chi connectivity index (χ4n) is 1.83. The third kappa shape index (κ3) is 2.45. The molecule has 0 aromatic carbocycles. The van der Waals surface area contributed by atoms with E-state index in [1.807, 2.05) is 41.7 Å². The minimum Gasteiger partial charge on any atom is -0.389 e. The van der Waals surface area contributed by atoms with Gasteiger partial charge in [-0.05, 0) is 41.4 Å². The summed E-state index contributed by atoms with van der Waals surface area (Å²) < 4.78 is 4.97. The van der Waals surface area contributed by atoms with E-state index in [0.717, 1.165) is 28.0 Å². The van der Waals surface area contributed by atoms with Crippen LogP contribution in [0.4, 0.5) is 0 Å². The molecule has 17 heavy (non-hydrogen) atoms. The number of hydrogen-bond acceptors (Lipinski definition) is 2. The molecule has 4 nitrogen and oxygen atoms in total. The highest BCUT2D eigenvalue weighted by molar-refractivity contribution is 9.10. The zero-order chi connectivity index (χ0) is 12.6. The molecule has 0 spiro atoms. The van der Waals surface area contributed by atoms with Gasteiger partial charge in [0.1, 0.15) is 0 Å². The minimum absolute atomic E-state index is 0.423. The van der Waals surface area contributed by atoms with Crippen LogP contribution in [0, 0.1) is 6.92 Å². The molecule has 92 valence electrons. The van der Waals surface area contributed by atoms with Gasteiger partial charge in [-0.15, -0.1) is 0 Å². The van der Waals surface area contributed by atoms with Crippen molar-refractivity contribution in [1.82, 2.24) is 14.3 Å². The maximum Gasteiger partial charge on any atom is 0.0776 e. The second kappa shape index (κ2) is 4.66. The van der Waals surface area contributed by atoms with Crippen LogP contribution in [0.15, 0.2) is 22.9 Å². The Morgan fingerprint density at radius 3 is 2.71 bits per heavy atom. The Hall–Kier alpha value is -1.07. The lowest BCUT2D eigenvalue weighted by Crippen LogP contribution is -2.04. The van der Waals surface area contributed by atoms with Crippen molar-refractivity contribution in [3.63, 3.8) is 0 Å². The molecule has 2 aromatic heterocycles. The first kappa shape index (κ1) is 12.4. The van der Waals surface area contributed by atoms with Crippen LogP contribution in [0.1, 0.15) is 30.0 Å². The number of rotatable bonds is 3. The van der Waals surface area contributed by atoms with E-state index in [4.69, 9.17) is 0 Å². The van der Waals surface area contributed by atoms with Crippen LogP contribution in [-0.4, -0.2) is 19.5 Å². The molecule has 0 fully saturated rings. The van der Waals surface area contributed by atoms with E-state index in [2.05, 4.69) is 21.0 Å². The van der Waals surface area contributed by atoms with Crippen molar-refractivity contribution in [2.24, 2.45) is 7.05 Å². The van der Waals surface area contributed by atoms with E-state index < -0.39 is 6.10 Å². The van der Waals surface area contributed by atoms with Gasteiger partial charge < -0.3 is 9.67 Å². The van der Waals surface area contributed by atoms with Crippen molar-refractivity contribution in [2.75, 3.05) is 0 Å². The highest BCUT2D eigenvalue weighted by atomic mass is 79.9. The summed E-state index contributed by atoms with van der Waals surface area (Å²) in [6, 6.07) is 1.93. The molecule has 0 aliphatic heterocycles. The summed E-state index contributed by atoms with van der Waals surface area (Å²) in [4.78, 5) is 0. The summed E-state index contributed by atoms with van der Waals surface area (Å²) in [5, 5.41) is 13.8. The van der Waals surface area contributed by atoms with E-state index in [9.17, 15) is 5.11 Å². The summed E-state index contributed by atoms with van der Waals surface area (Å²) >= 11 is 3.55. The standard InChI is InChI=1S/C12H16BrN3O/c1-8-12(13)11(15(3)14-8)7-16-5-4-10(6-16)9(2)17/h4-6,9,17H,7H2,1-3H3. The van der Waals surface area contributed by atoms with Gasteiger partial charge in [0, 0.05) is 19.4 Å². The zero-order valence-corrected chi connectivity index (χ0v) is 11.8. The van der Waals surface area contributed by atoms with Gasteiger partial charge in [-0.3, -0.25) is 4.68 Å². The van der Waals surface area contributed by atoms with Crippen molar-refractivity contribution < 1.29 is 5.11 Å². The number of hydrogen-bond donors (Lipinski definition) is 1. The van der Waals surface area contributed by atoms with Crippen LogP contribution < -0.4 is 0 Å². The van der Waals surface area contributed by atoms with E-state index in [-0.39, 0.29) is 0 Å². The van der Waals surface area contributed by atoms with Crippen molar-refractivity contribution in [2.45, 2.75) is 26.5 Å². The summed E-state index contributed by atoms with van der Waals surface area (Å²) in [6.45, 7) is 4.49. The molecule has 2 heterocycles. The second-order valence-electron chi connectivity index (χ2n) is 4.26. The maximum absolute atomic E-state index is 9.48. The maximum atomic E-state index is 9.48. The Morgan fingerprint density at radius 2 is 2.24 bits per heavy atom. The lowest BCUT2D eigenvalue weighted by molar-refractivity contribution is 0.199. The fraction of sp³-hybridized carbons (Fsp3) is 0.417. The fourth-order valence-corrected chi connectivity index (χ4v) is 2.29. The first-order valence-electron chi connectivity index (χ1n) is 5.50. The van der Waals surface area contributed by atoms with Crippen molar-refractivity contribution >= 4 is 15.9 Å². The number of halogens is 1. The van der Waals surface area contributed by atoms with Gasteiger partial charge >= 0.3 is 0 Å². The number of aliphatic hydroxyl groups is 1. The molecule has 0 saturated carbocycles. The molecule has 0 amide bonds. The zero-order valence-electron chi connectivity index (χ0n) is 10.2. The third-order valence-corrected chi connectivity index (χ3v) is 3.88. The van der Waals surface area contributed by atoms with Gasteiger partial charge in [0.15, 0.2) is 0 Å². The first-order valence-corrected chi connectivity index (χ1v) is 6.30. The molecule has 1 unspecified atom stereocenters. The Balaban J connectivity index is 2.25. The highest BCUT2D eigenvalue weighted by Gasteiger charge is 2.11. The van der Waals surface area contributed by atoms with Gasteiger partial charge in [-0.1, -0.05) is 0 Å². The predicted molar refractivity (Wildman–Crippen MR) is 69.8 cm³/mol. The van der Waals surface area contributed by atoms with Gasteiger partial charge in [0.2, 0.25) is 0 Å². The van der Waals surface area contributed by atoms with Crippen molar-refractivity contribution in [3.05, 3.63) is 39.9 Å². The van der Waals surface area contributed by atoms with E-state index in [1.165, 1.54) is 0 Å². The van der Waals surface area contributed by atoms with Gasteiger partial charge in [-0.2, -0.15) is 5.10 Å². The second-order valence-corrected chi connectivity index (χ2v) is 5.06. The summed E-state index contributed by atoms with van der Waals surface area (Å²) in [5.74, 6) is 0. The van der Waals surface area contributed by atoms with Gasteiger partial charge in [0.25, 0.3) is 0 Å². The Kier molecular flexibility index (Phi) is 3.40. The van der Waals surface area contributed by atoms with Gasteiger partial charge in [-0.25, -0.2) is 0 Å². The van der Waals surface area contributed by atoms with Crippen LogP contribution in [0.2, 0.25) is 0 Å². The highest BCUT2D eigenvalue weighted by Crippen LogP contribution is 2.22. The minimum atomic E-state index is -0.423. The topological polar surface area (TPSA) is 43.0 Å². The number of aryl methyl sites for hydroxylation is 2. The molecule has 0 aliphatic carbocycles. The molecule has 0 saturated heterocycles. The predicted octanol–water partition coefficient (Wildman–Crippen LogP) is 2.39. The molecule has 0 bridgehead atoms. The Bertz CT molecular complexity index is 528. The largest absolute Gasteiger partial charge is 0.389 e. The molecule has 2 rings (SSSR count). The monoisotopic (exact) mass is 297 g/mol. The normalized spacial score (nSPS) is 13.0. The van der Waals surface area contributed by atoms with E-state index in [1.54, 1.807) is 6.92 Å². The quantitative estimate of drug-likeness (QED) is 0.945. The molecule has 5 heteroatoms.